The number of para-hydroxylation sites is 2. The molecule has 0 unspecified atom stereocenters. The molecule has 8 rings (SSSR count). The van der Waals surface area contributed by atoms with Gasteiger partial charge in [0.05, 0.1) is 0 Å². The third kappa shape index (κ3) is 3.26. The predicted octanol–water partition coefficient (Wildman–Crippen LogP) is 9.31. The maximum absolute atomic E-state index is 2.56. The van der Waals surface area contributed by atoms with Gasteiger partial charge < -0.3 is 9.80 Å². The molecule has 0 aromatic heterocycles. The SMILES string of the molecule is c1ccc2c(c1)CCCN2c1cc2cc(N3CCCc4ccccc43)c3ccccc3c2c2ccccc12. The van der Waals surface area contributed by atoms with Crippen LogP contribution in [0.5, 0.6) is 0 Å². The van der Waals surface area contributed by atoms with Gasteiger partial charge in [-0.1, -0.05) is 84.9 Å². The van der Waals surface area contributed by atoms with E-state index in [0.29, 0.717) is 0 Å². The van der Waals surface area contributed by atoms with Crippen LogP contribution < -0.4 is 9.80 Å². The summed E-state index contributed by atoms with van der Waals surface area (Å²) in [5.41, 5.74) is 8.25. The molecular weight excluding hydrogens is 460 g/mol. The number of rotatable bonds is 2. The Labute approximate surface area is 223 Å². The molecule has 2 aliphatic rings. The van der Waals surface area contributed by atoms with E-state index in [0.717, 1.165) is 25.9 Å². The first-order valence-electron chi connectivity index (χ1n) is 13.9. The molecule has 0 fully saturated rings. The van der Waals surface area contributed by atoms with Crippen molar-refractivity contribution in [1.82, 2.24) is 0 Å². The molecule has 0 atom stereocenters. The number of hydrogen-bond donors (Lipinski definition) is 0. The molecule has 2 aliphatic heterocycles. The average molecular weight is 491 g/mol. The van der Waals surface area contributed by atoms with Crippen LogP contribution >= 0.6 is 0 Å². The van der Waals surface area contributed by atoms with Crippen molar-refractivity contribution in [3.8, 4) is 0 Å². The Kier molecular flexibility index (Phi) is 4.94. The molecule has 0 saturated carbocycles. The number of benzene rings is 6. The van der Waals surface area contributed by atoms with Crippen molar-refractivity contribution in [3.05, 3.63) is 120 Å². The van der Waals surface area contributed by atoms with Crippen LogP contribution in [0.4, 0.5) is 22.7 Å². The van der Waals surface area contributed by atoms with E-state index in [-0.39, 0.29) is 0 Å². The fraction of sp³-hybridized carbons (Fsp3) is 0.167. The van der Waals surface area contributed by atoms with E-state index in [2.05, 4.69) is 119 Å². The van der Waals surface area contributed by atoms with Crippen molar-refractivity contribution < 1.29 is 0 Å². The van der Waals surface area contributed by atoms with Crippen LogP contribution in [-0.2, 0) is 12.8 Å². The first-order valence-corrected chi connectivity index (χ1v) is 13.9. The Bertz CT molecular complexity index is 1720. The highest BCUT2D eigenvalue weighted by atomic mass is 15.2. The molecule has 6 aromatic rings. The minimum atomic E-state index is 1.05. The van der Waals surface area contributed by atoms with Crippen molar-refractivity contribution in [3.63, 3.8) is 0 Å². The van der Waals surface area contributed by atoms with Crippen molar-refractivity contribution in [2.45, 2.75) is 25.7 Å². The molecule has 0 aliphatic carbocycles. The average Bonchev–Trinajstić information content (AvgIpc) is 2.99. The Balaban J connectivity index is 1.44. The molecule has 184 valence electrons. The van der Waals surface area contributed by atoms with Crippen LogP contribution in [0, 0.1) is 0 Å². The summed E-state index contributed by atoms with van der Waals surface area (Å²) in [6, 6.07) is 40.8. The number of nitrogens with zero attached hydrogens (tertiary/aromatic N) is 2. The predicted molar refractivity (Wildman–Crippen MR) is 162 cm³/mol. The van der Waals surface area contributed by atoms with Gasteiger partial charge in [0.2, 0.25) is 0 Å². The van der Waals surface area contributed by atoms with E-state index < -0.39 is 0 Å². The van der Waals surface area contributed by atoms with Gasteiger partial charge in [-0.05, 0) is 82.6 Å². The van der Waals surface area contributed by atoms with Gasteiger partial charge >= 0.3 is 0 Å². The van der Waals surface area contributed by atoms with Gasteiger partial charge in [-0.25, -0.2) is 0 Å². The number of fused-ring (bicyclic) bond motifs is 7. The summed E-state index contributed by atoms with van der Waals surface area (Å²) in [6.45, 7) is 2.10. The molecule has 2 heteroatoms. The van der Waals surface area contributed by atoms with Crippen molar-refractivity contribution in [2.75, 3.05) is 22.9 Å². The lowest BCUT2D eigenvalue weighted by atomic mass is 9.92. The van der Waals surface area contributed by atoms with Gasteiger partial charge in [0.15, 0.2) is 0 Å². The Morgan fingerprint density at radius 3 is 1.34 bits per heavy atom. The van der Waals surface area contributed by atoms with Crippen LogP contribution in [0.3, 0.4) is 0 Å². The summed E-state index contributed by atoms with van der Waals surface area (Å²) in [4.78, 5) is 5.12. The Morgan fingerprint density at radius 1 is 0.421 bits per heavy atom. The molecule has 0 bridgehead atoms. The maximum Gasteiger partial charge on any atom is 0.0496 e. The molecule has 0 spiro atoms. The summed E-state index contributed by atoms with van der Waals surface area (Å²) in [5.74, 6) is 0. The van der Waals surface area contributed by atoms with Crippen LogP contribution in [0.2, 0.25) is 0 Å². The molecule has 0 N–H and O–H groups in total. The van der Waals surface area contributed by atoms with Gasteiger partial charge in [0.1, 0.15) is 0 Å². The zero-order chi connectivity index (χ0) is 25.1. The second kappa shape index (κ2) is 8.63. The number of aryl methyl sites for hydroxylation is 2. The number of hydrogen-bond acceptors (Lipinski definition) is 2. The van der Waals surface area contributed by atoms with Gasteiger partial charge in [-0.15, -0.1) is 0 Å². The fourth-order valence-corrected chi connectivity index (χ4v) is 6.96. The monoisotopic (exact) mass is 490 g/mol. The van der Waals surface area contributed by atoms with E-state index in [4.69, 9.17) is 0 Å². The van der Waals surface area contributed by atoms with Gasteiger partial charge in [-0.2, -0.15) is 0 Å². The smallest absolute Gasteiger partial charge is 0.0496 e. The zero-order valence-corrected chi connectivity index (χ0v) is 21.5. The lowest BCUT2D eigenvalue weighted by Crippen LogP contribution is -2.25. The molecule has 2 heterocycles. The lowest BCUT2D eigenvalue weighted by molar-refractivity contribution is 0.768. The minimum Gasteiger partial charge on any atom is -0.341 e. The van der Waals surface area contributed by atoms with E-state index in [1.807, 2.05) is 0 Å². The van der Waals surface area contributed by atoms with E-state index >= 15 is 0 Å². The third-order valence-electron chi connectivity index (χ3n) is 8.62. The highest BCUT2D eigenvalue weighted by molar-refractivity contribution is 6.25. The quantitative estimate of drug-likeness (QED) is 0.223. The number of anilines is 4. The van der Waals surface area contributed by atoms with Crippen molar-refractivity contribution >= 4 is 55.1 Å². The summed E-state index contributed by atoms with van der Waals surface area (Å²) >= 11 is 0. The molecular formula is C36H30N2. The third-order valence-corrected chi connectivity index (χ3v) is 8.62. The topological polar surface area (TPSA) is 6.48 Å². The van der Waals surface area contributed by atoms with E-state index in [1.54, 1.807) is 0 Å². The van der Waals surface area contributed by atoms with Gasteiger partial charge in [0.25, 0.3) is 0 Å². The molecule has 0 saturated heterocycles. The minimum absolute atomic E-state index is 1.05. The van der Waals surface area contributed by atoms with Crippen LogP contribution in [-0.4, -0.2) is 13.1 Å². The summed E-state index contributed by atoms with van der Waals surface area (Å²) in [7, 11) is 0. The fourth-order valence-electron chi connectivity index (χ4n) is 6.96. The second-order valence-electron chi connectivity index (χ2n) is 10.7. The normalized spacial score (nSPS) is 15.2. The van der Waals surface area contributed by atoms with E-state index in [1.165, 1.54) is 79.0 Å². The second-order valence-corrected chi connectivity index (χ2v) is 10.7. The van der Waals surface area contributed by atoms with Gasteiger partial charge in [-0.3, -0.25) is 0 Å². The van der Waals surface area contributed by atoms with Crippen molar-refractivity contribution in [1.29, 1.82) is 0 Å². The summed E-state index contributed by atoms with van der Waals surface area (Å²) in [6.07, 6.45) is 4.66. The summed E-state index contributed by atoms with van der Waals surface area (Å²) < 4.78 is 0. The summed E-state index contributed by atoms with van der Waals surface area (Å²) in [5, 5.41) is 8.02. The van der Waals surface area contributed by atoms with Crippen molar-refractivity contribution in [2.24, 2.45) is 0 Å². The van der Waals surface area contributed by atoms with Crippen LogP contribution in [0.15, 0.2) is 109 Å². The highest BCUT2D eigenvalue weighted by Gasteiger charge is 2.24. The molecule has 0 radical (unpaired) electrons. The molecule has 6 aromatic carbocycles. The Morgan fingerprint density at radius 2 is 0.842 bits per heavy atom. The molecule has 0 amide bonds. The first kappa shape index (κ1) is 21.8. The molecule has 38 heavy (non-hydrogen) atoms. The maximum atomic E-state index is 2.56. The standard InChI is InChI=1S/C36H30N2/c1-7-19-32-25(11-1)13-9-21-37(32)34-23-27-24-35(38-22-10-14-26-12-2-8-20-33(26)38)29-16-4-6-18-31(29)36(27)30-17-5-3-15-28(30)34/h1-8,11-12,15-20,23-24H,9-10,13-14,21-22H2. The van der Waals surface area contributed by atoms with Gasteiger partial charge in [0, 0.05) is 46.6 Å². The highest BCUT2D eigenvalue weighted by Crippen LogP contribution is 2.46. The largest absolute Gasteiger partial charge is 0.341 e. The van der Waals surface area contributed by atoms with Crippen LogP contribution in [0.25, 0.3) is 32.3 Å². The van der Waals surface area contributed by atoms with E-state index in [9.17, 15) is 0 Å². The lowest BCUT2D eigenvalue weighted by Gasteiger charge is -2.34. The van der Waals surface area contributed by atoms with Crippen LogP contribution in [0.1, 0.15) is 24.0 Å². The zero-order valence-electron chi connectivity index (χ0n) is 21.5. The molecule has 2 nitrogen and oxygen atoms in total. The Hall–Kier alpha value is -4.30. The first-order chi connectivity index (χ1) is 18.9.